The van der Waals surface area contributed by atoms with Crippen LogP contribution in [0.1, 0.15) is 26.3 Å². The number of hydrogen-bond acceptors (Lipinski definition) is 4. The Morgan fingerprint density at radius 1 is 1.21 bits per heavy atom. The molecular formula is C19H22N2O3. The number of nitrogens with zero attached hydrogens (tertiary/aromatic N) is 1. The highest BCUT2D eigenvalue weighted by Crippen LogP contribution is 2.17. The first kappa shape index (κ1) is 17.7. The summed E-state index contributed by atoms with van der Waals surface area (Å²) in [7, 11) is 0. The number of fused-ring (bicyclic) bond motifs is 1. The van der Waals surface area contributed by atoms with Crippen LogP contribution in [0.5, 0.6) is 0 Å². The topological polar surface area (TPSA) is 68.3 Å². The molecule has 5 heteroatoms. The number of carbonyl (C=O) groups excluding carboxylic acids is 2. The molecule has 0 aliphatic heterocycles. The van der Waals surface area contributed by atoms with E-state index in [1.54, 1.807) is 12.3 Å². The Hall–Kier alpha value is -2.69. The average molecular weight is 326 g/mol. The first-order valence-electron chi connectivity index (χ1n) is 7.95. The fraction of sp³-hybridized carbons (Fsp3) is 0.316. The molecule has 0 saturated carbocycles. The molecule has 1 unspecified atom stereocenters. The van der Waals surface area contributed by atoms with Crippen molar-refractivity contribution in [3.8, 4) is 0 Å². The van der Waals surface area contributed by atoms with Crippen molar-refractivity contribution in [2.75, 3.05) is 6.61 Å². The molecule has 24 heavy (non-hydrogen) atoms. The highest BCUT2D eigenvalue weighted by Gasteiger charge is 2.11. The number of benzene rings is 1. The molecule has 1 heterocycles. The van der Waals surface area contributed by atoms with E-state index in [1.165, 1.54) is 6.08 Å². The van der Waals surface area contributed by atoms with Gasteiger partial charge in [-0.2, -0.15) is 0 Å². The molecule has 1 N–H and O–H groups in total. The highest BCUT2D eigenvalue weighted by molar-refractivity contribution is 5.93. The highest BCUT2D eigenvalue weighted by atomic mass is 16.5. The molecule has 1 aromatic heterocycles. The Balaban J connectivity index is 1.92. The SMILES string of the molecule is CC(C)C(C)NC(=O)COC(=O)/C=C/c1cccc2cccnc12. The molecule has 0 radical (unpaired) electrons. The fourth-order valence-electron chi connectivity index (χ4n) is 2.07. The first-order chi connectivity index (χ1) is 11.5. The minimum atomic E-state index is -0.560. The van der Waals surface area contributed by atoms with Crippen molar-refractivity contribution < 1.29 is 14.3 Å². The maximum absolute atomic E-state index is 11.8. The van der Waals surface area contributed by atoms with E-state index in [0.717, 1.165) is 16.5 Å². The zero-order valence-corrected chi connectivity index (χ0v) is 14.2. The molecule has 1 amide bonds. The quantitative estimate of drug-likeness (QED) is 0.654. The van der Waals surface area contributed by atoms with Gasteiger partial charge in [0.1, 0.15) is 0 Å². The molecule has 1 aromatic carbocycles. The maximum Gasteiger partial charge on any atom is 0.331 e. The van der Waals surface area contributed by atoms with Crippen molar-refractivity contribution in [2.24, 2.45) is 5.92 Å². The third-order valence-electron chi connectivity index (χ3n) is 3.80. The minimum absolute atomic E-state index is 0.0356. The molecule has 0 saturated heterocycles. The molecule has 0 spiro atoms. The smallest absolute Gasteiger partial charge is 0.331 e. The van der Waals surface area contributed by atoms with Gasteiger partial charge in [-0.25, -0.2) is 4.79 Å². The molecule has 0 aliphatic rings. The van der Waals surface area contributed by atoms with Gasteiger partial charge in [-0.3, -0.25) is 9.78 Å². The van der Waals surface area contributed by atoms with Crippen LogP contribution in [0.4, 0.5) is 0 Å². The molecule has 0 fully saturated rings. The third-order valence-corrected chi connectivity index (χ3v) is 3.80. The molecular weight excluding hydrogens is 304 g/mol. The van der Waals surface area contributed by atoms with Gasteiger partial charge in [-0.1, -0.05) is 38.1 Å². The summed E-state index contributed by atoms with van der Waals surface area (Å²) in [5.41, 5.74) is 1.63. The lowest BCUT2D eigenvalue weighted by Crippen LogP contribution is -2.38. The van der Waals surface area contributed by atoms with Gasteiger partial charge >= 0.3 is 5.97 Å². The number of nitrogens with one attached hydrogen (secondary N) is 1. The average Bonchev–Trinajstić information content (AvgIpc) is 2.57. The van der Waals surface area contributed by atoms with Crippen molar-refractivity contribution in [3.63, 3.8) is 0 Å². The first-order valence-corrected chi connectivity index (χ1v) is 7.95. The van der Waals surface area contributed by atoms with E-state index in [9.17, 15) is 9.59 Å². The predicted molar refractivity (Wildman–Crippen MR) is 94.2 cm³/mol. The zero-order chi connectivity index (χ0) is 17.5. The molecule has 2 rings (SSSR count). The monoisotopic (exact) mass is 326 g/mol. The summed E-state index contributed by atoms with van der Waals surface area (Å²) < 4.78 is 4.96. The van der Waals surface area contributed by atoms with Crippen LogP contribution in [0.2, 0.25) is 0 Å². The van der Waals surface area contributed by atoms with Gasteiger partial charge in [0.05, 0.1) is 5.52 Å². The third kappa shape index (κ3) is 4.91. The van der Waals surface area contributed by atoms with Gasteiger partial charge in [0.15, 0.2) is 6.61 Å². The van der Waals surface area contributed by atoms with E-state index in [1.807, 2.05) is 51.1 Å². The number of rotatable bonds is 6. The van der Waals surface area contributed by atoms with Gasteiger partial charge in [0.25, 0.3) is 5.91 Å². The van der Waals surface area contributed by atoms with Gasteiger partial charge < -0.3 is 10.1 Å². The second kappa shape index (κ2) is 8.24. The van der Waals surface area contributed by atoms with Crippen molar-refractivity contribution in [1.82, 2.24) is 10.3 Å². The van der Waals surface area contributed by atoms with Crippen LogP contribution < -0.4 is 5.32 Å². The van der Waals surface area contributed by atoms with Gasteiger partial charge in [0.2, 0.25) is 0 Å². The van der Waals surface area contributed by atoms with E-state index in [2.05, 4.69) is 10.3 Å². The van der Waals surface area contributed by atoms with Crippen LogP contribution in [-0.4, -0.2) is 29.5 Å². The van der Waals surface area contributed by atoms with E-state index >= 15 is 0 Å². The maximum atomic E-state index is 11.8. The Kier molecular flexibility index (Phi) is 6.07. The lowest BCUT2D eigenvalue weighted by molar-refractivity contribution is -0.144. The Bertz CT molecular complexity index is 748. The lowest BCUT2D eigenvalue weighted by Gasteiger charge is -2.16. The summed E-state index contributed by atoms with van der Waals surface area (Å²) >= 11 is 0. The second-order valence-electron chi connectivity index (χ2n) is 5.96. The normalized spacial score (nSPS) is 12.5. The van der Waals surface area contributed by atoms with Gasteiger partial charge in [-0.15, -0.1) is 0 Å². The summed E-state index contributed by atoms with van der Waals surface area (Å²) in [4.78, 5) is 27.8. The van der Waals surface area contributed by atoms with Crippen molar-refractivity contribution in [2.45, 2.75) is 26.8 Å². The van der Waals surface area contributed by atoms with Crippen molar-refractivity contribution in [1.29, 1.82) is 0 Å². The lowest BCUT2D eigenvalue weighted by atomic mass is 10.1. The van der Waals surface area contributed by atoms with Gasteiger partial charge in [-0.05, 0) is 25.0 Å². The van der Waals surface area contributed by atoms with Gasteiger partial charge in [0, 0.05) is 29.3 Å². The number of aromatic nitrogens is 1. The molecule has 126 valence electrons. The van der Waals surface area contributed by atoms with E-state index < -0.39 is 5.97 Å². The summed E-state index contributed by atoms with van der Waals surface area (Å²) in [6, 6.07) is 9.58. The molecule has 0 aliphatic carbocycles. The molecule has 2 aromatic rings. The van der Waals surface area contributed by atoms with Crippen LogP contribution in [0, 0.1) is 5.92 Å². The Labute approximate surface area is 141 Å². The molecule has 5 nitrogen and oxygen atoms in total. The van der Waals surface area contributed by atoms with Crippen LogP contribution >= 0.6 is 0 Å². The fourth-order valence-corrected chi connectivity index (χ4v) is 2.07. The predicted octanol–water partition coefficient (Wildman–Crippen LogP) is 2.95. The van der Waals surface area contributed by atoms with Crippen LogP contribution in [0.3, 0.4) is 0 Å². The molecule has 0 bridgehead atoms. The number of ether oxygens (including phenoxy) is 1. The Morgan fingerprint density at radius 3 is 2.71 bits per heavy atom. The van der Waals surface area contributed by atoms with E-state index in [4.69, 9.17) is 4.74 Å². The summed E-state index contributed by atoms with van der Waals surface area (Å²) in [5.74, 6) is -0.538. The number of esters is 1. The van der Waals surface area contributed by atoms with Crippen LogP contribution in [0.25, 0.3) is 17.0 Å². The van der Waals surface area contributed by atoms with Crippen LogP contribution in [-0.2, 0) is 14.3 Å². The molecule has 1 atom stereocenters. The van der Waals surface area contributed by atoms with Crippen molar-refractivity contribution in [3.05, 3.63) is 48.2 Å². The minimum Gasteiger partial charge on any atom is -0.452 e. The zero-order valence-electron chi connectivity index (χ0n) is 14.2. The van der Waals surface area contributed by atoms with E-state index in [0.29, 0.717) is 5.92 Å². The van der Waals surface area contributed by atoms with Crippen LogP contribution in [0.15, 0.2) is 42.6 Å². The number of para-hydroxylation sites is 1. The summed E-state index contributed by atoms with van der Waals surface area (Å²) in [6.45, 7) is 5.65. The standard InChI is InChI=1S/C19H22N2O3/c1-13(2)14(3)21-17(22)12-24-18(23)10-9-16-7-4-6-15-8-5-11-20-19(15)16/h4-11,13-14H,12H2,1-3H3,(H,21,22)/b10-9+. The number of carbonyl (C=O) groups is 2. The number of hydrogen-bond donors (Lipinski definition) is 1. The summed E-state index contributed by atoms with van der Waals surface area (Å²) in [6.07, 6.45) is 4.66. The Morgan fingerprint density at radius 2 is 1.96 bits per heavy atom. The number of pyridine rings is 1. The van der Waals surface area contributed by atoms with Crippen molar-refractivity contribution >= 4 is 28.9 Å². The summed E-state index contributed by atoms with van der Waals surface area (Å²) in [5, 5.41) is 3.78. The largest absolute Gasteiger partial charge is 0.452 e. The number of amides is 1. The van der Waals surface area contributed by atoms with E-state index in [-0.39, 0.29) is 18.6 Å². The second-order valence-corrected chi connectivity index (χ2v) is 5.96.